The second-order valence-corrected chi connectivity index (χ2v) is 35.5. The molecular weight excluding hydrogens is 1780 g/mol. The molecule has 12 heterocycles. The molecule has 144 heavy (non-hydrogen) atoms. The number of hydrogen-bond donors (Lipinski definition) is 0. The Kier molecular flexibility index (Phi) is 19.4. The summed E-state index contributed by atoms with van der Waals surface area (Å²) in [5, 5.41) is 17.2. The minimum atomic E-state index is 0.560. The lowest BCUT2D eigenvalue weighted by atomic mass is 9.96. The molecule has 18 aromatic carbocycles. The monoisotopic (exact) mass is 1850 g/mol. The number of fused-ring (bicyclic) bond motifs is 21. The molecule has 0 fully saturated rings. The largest absolute Gasteiger partial charge is 0.455 e. The van der Waals surface area contributed by atoms with Gasteiger partial charge in [-0.2, -0.15) is 0 Å². The van der Waals surface area contributed by atoms with Crippen molar-refractivity contribution >= 4 is 164 Å². The summed E-state index contributed by atoms with van der Waals surface area (Å²) >= 11 is 0. The number of hydrogen-bond acceptors (Lipinski definition) is 18. The van der Waals surface area contributed by atoms with Gasteiger partial charge in [-0.3, -0.25) is 15.0 Å². The van der Waals surface area contributed by atoms with E-state index in [2.05, 4.69) is 167 Å². The first-order chi connectivity index (χ1) is 71.3. The lowest BCUT2D eigenvalue weighted by Crippen LogP contribution is -2.00. The van der Waals surface area contributed by atoms with E-state index >= 15 is 0 Å². The third kappa shape index (κ3) is 14.2. The lowest BCUT2D eigenvalue weighted by molar-refractivity contribution is 0.665. The van der Waals surface area contributed by atoms with Crippen LogP contribution in [0.4, 0.5) is 0 Å². The smallest absolute Gasteiger partial charge is 0.164 e. The van der Waals surface area contributed by atoms with E-state index in [1.165, 1.54) is 0 Å². The predicted octanol–water partition coefficient (Wildman–Crippen LogP) is 32.7. The first-order valence-corrected chi connectivity index (χ1v) is 47.4. The number of pyridine rings is 3. The van der Waals surface area contributed by atoms with Gasteiger partial charge < -0.3 is 26.5 Å². The molecule has 0 unspecified atom stereocenters. The van der Waals surface area contributed by atoms with Crippen molar-refractivity contribution in [2.75, 3.05) is 0 Å². The van der Waals surface area contributed by atoms with Crippen LogP contribution < -0.4 is 0 Å². The van der Waals surface area contributed by atoms with Crippen molar-refractivity contribution in [3.8, 4) is 136 Å². The highest BCUT2D eigenvalue weighted by Gasteiger charge is 2.30. The minimum Gasteiger partial charge on any atom is -0.455 e. The van der Waals surface area contributed by atoms with Crippen molar-refractivity contribution < 1.29 is 26.5 Å². The fraction of sp³-hybridized carbons (Fsp3) is 0. The molecule has 18 heteroatoms. The SMILES string of the molecule is c1ccc(-c2nc(-c3ccccc3)nc(-c3ccc(-c4cccc5c4oc4ccccc45)c4oc5cc6cccnc6cc5c34)n2)cc1.c1ccc(-c2nc(-c3ccccc3)nc(-c3ccc(-c4cccc5c4oc4ccccc45)c4oc5cc6ccncc6cc5c34)n2)cc1.c1ccc(-c2nc(-c3ccccc3)nc(-c3ccc(-c4cccc5c4oc4ccccc45)c4oc5cc6cnccc6cc5c34)n2)cc1. The number of rotatable bonds is 12. The van der Waals surface area contributed by atoms with Gasteiger partial charge in [-0.1, -0.05) is 297 Å². The van der Waals surface area contributed by atoms with E-state index in [0.29, 0.717) is 52.4 Å². The van der Waals surface area contributed by atoms with E-state index in [1.807, 2.05) is 280 Å². The first-order valence-electron chi connectivity index (χ1n) is 47.4. The van der Waals surface area contributed by atoms with Crippen LogP contribution in [0.1, 0.15) is 0 Å². The van der Waals surface area contributed by atoms with Crippen molar-refractivity contribution in [3.05, 3.63) is 437 Å². The van der Waals surface area contributed by atoms with Crippen LogP contribution in [-0.2, 0) is 0 Å². The number of benzene rings is 18. The standard InChI is InChI=1S/3C42H24N4O2/c1-3-11-25(12-4-1)40-44-41(26-13-5-2-6-14-26)46-42(45-40)32-21-20-31(30-18-9-17-29-28-16-7-8-19-35(28)47-38(29)30)39-37(32)33-24-34-27(15-10-22-43-34)23-36(33)48-39;1-3-10-25(11-4-1)40-44-41(26-12-5-2-6-13-26)46-42(45-40)33-19-18-32(31-16-9-15-30-29-14-7-8-17-35(29)47-38(30)31)39-37(33)34-22-28-24-43-21-20-27(28)23-36(34)48-39;1-3-10-25(11-4-1)40-44-41(26-12-5-2-6-13-26)46-42(45-40)33-19-18-32(31-16-9-15-30-29-14-7-8-17-35(29)47-38(30)31)39-37(33)34-22-27-20-21-43-24-28(27)23-36(34)48-39/h3*1-24H. The number of para-hydroxylation sites is 6. The summed E-state index contributed by atoms with van der Waals surface area (Å²) in [4.78, 5) is 58.7. The van der Waals surface area contributed by atoms with Gasteiger partial charge in [0.2, 0.25) is 0 Å². The molecule has 0 spiro atoms. The zero-order valence-electron chi connectivity index (χ0n) is 76.4. The molecule has 0 saturated heterocycles. The third-order valence-corrected chi connectivity index (χ3v) is 27.0. The Hall–Kier alpha value is -20.0. The average molecular weight is 1850 g/mol. The highest BCUT2D eigenvalue weighted by atomic mass is 16.4. The van der Waals surface area contributed by atoms with Crippen molar-refractivity contribution in [1.82, 2.24) is 59.8 Å². The summed E-state index contributed by atoms with van der Waals surface area (Å²) in [6, 6.07) is 137. The topological polar surface area (TPSA) is 234 Å². The Balaban J connectivity index is 0.000000105. The van der Waals surface area contributed by atoms with Crippen molar-refractivity contribution in [2.45, 2.75) is 0 Å². The van der Waals surface area contributed by atoms with Gasteiger partial charge in [-0.15, -0.1) is 0 Å². The van der Waals surface area contributed by atoms with Crippen molar-refractivity contribution in [1.29, 1.82) is 0 Å². The van der Waals surface area contributed by atoms with Gasteiger partial charge in [0.1, 0.15) is 67.0 Å². The fourth-order valence-electron chi connectivity index (χ4n) is 20.2. The second-order valence-electron chi connectivity index (χ2n) is 35.5. The van der Waals surface area contributed by atoms with E-state index in [1.54, 1.807) is 6.20 Å². The lowest BCUT2D eigenvalue weighted by Gasteiger charge is -2.11. The van der Waals surface area contributed by atoms with Crippen LogP contribution in [0.25, 0.3) is 300 Å². The molecule has 0 saturated carbocycles. The summed E-state index contributed by atoms with van der Waals surface area (Å²) in [7, 11) is 0. The molecule has 0 N–H and O–H groups in total. The van der Waals surface area contributed by atoms with Gasteiger partial charge >= 0.3 is 0 Å². The van der Waals surface area contributed by atoms with E-state index in [4.69, 9.17) is 71.4 Å². The van der Waals surface area contributed by atoms with E-state index in [-0.39, 0.29) is 0 Å². The summed E-state index contributed by atoms with van der Waals surface area (Å²) < 4.78 is 39.9. The van der Waals surface area contributed by atoms with Crippen LogP contribution in [0.3, 0.4) is 0 Å². The zero-order valence-corrected chi connectivity index (χ0v) is 76.4. The summed E-state index contributed by atoms with van der Waals surface area (Å²) in [5.74, 6) is 5.31. The Bertz CT molecular complexity index is 9280. The normalized spacial score (nSPS) is 11.8. The quantitative estimate of drug-likeness (QED) is 0.111. The fourth-order valence-corrected chi connectivity index (χ4v) is 20.2. The zero-order chi connectivity index (χ0) is 94.8. The molecule has 0 bridgehead atoms. The molecule has 12 aromatic heterocycles. The van der Waals surface area contributed by atoms with Crippen LogP contribution >= 0.6 is 0 Å². The van der Waals surface area contributed by atoms with Crippen LogP contribution in [0, 0.1) is 0 Å². The van der Waals surface area contributed by atoms with Gasteiger partial charge in [0, 0.05) is 195 Å². The predicted molar refractivity (Wildman–Crippen MR) is 574 cm³/mol. The third-order valence-electron chi connectivity index (χ3n) is 27.0. The van der Waals surface area contributed by atoms with E-state index in [0.717, 1.165) is 248 Å². The molecule has 0 amide bonds. The highest BCUT2D eigenvalue weighted by molar-refractivity contribution is 6.24. The second kappa shape index (κ2) is 34.0. The Morgan fingerprint density at radius 2 is 0.417 bits per heavy atom. The van der Waals surface area contributed by atoms with Crippen LogP contribution in [0.15, 0.2) is 464 Å². The Morgan fingerprint density at radius 1 is 0.153 bits per heavy atom. The Morgan fingerprint density at radius 3 is 0.771 bits per heavy atom. The number of furan rings is 6. The summed E-state index contributed by atoms with van der Waals surface area (Å²) in [5.41, 5.74) is 24.1. The van der Waals surface area contributed by atoms with Gasteiger partial charge in [0.05, 0.1) is 5.52 Å². The molecule has 30 aromatic rings. The molecular formula is C126H72N12O6. The van der Waals surface area contributed by atoms with Crippen LogP contribution in [-0.4, -0.2) is 59.8 Å². The van der Waals surface area contributed by atoms with Gasteiger partial charge in [-0.05, 0) is 120 Å². The summed E-state index contributed by atoms with van der Waals surface area (Å²) in [6.45, 7) is 0. The molecule has 0 aliphatic rings. The van der Waals surface area contributed by atoms with Crippen LogP contribution in [0.5, 0.6) is 0 Å². The molecule has 30 rings (SSSR count). The molecule has 0 aliphatic carbocycles. The van der Waals surface area contributed by atoms with Gasteiger partial charge in [0.25, 0.3) is 0 Å². The molecule has 0 atom stereocenters. The van der Waals surface area contributed by atoms with E-state index < -0.39 is 0 Å². The maximum atomic E-state index is 6.83. The maximum Gasteiger partial charge on any atom is 0.164 e. The van der Waals surface area contributed by atoms with Crippen molar-refractivity contribution in [2.24, 2.45) is 0 Å². The van der Waals surface area contributed by atoms with Gasteiger partial charge in [0.15, 0.2) is 52.4 Å². The molecule has 0 aliphatic heterocycles. The van der Waals surface area contributed by atoms with Crippen molar-refractivity contribution in [3.63, 3.8) is 0 Å². The van der Waals surface area contributed by atoms with Gasteiger partial charge in [-0.25, -0.2) is 44.9 Å². The number of aromatic nitrogens is 12. The first kappa shape index (κ1) is 82.3. The molecule has 0 radical (unpaired) electrons. The highest BCUT2D eigenvalue weighted by Crippen LogP contribution is 2.51. The maximum absolute atomic E-state index is 6.83. The summed E-state index contributed by atoms with van der Waals surface area (Å²) in [6.07, 6.45) is 9.18. The molecule has 18 nitrogen and oxygen atoms in total. The molecule has 672 valence electrons. The van der Waals surface area contributed by atoms with E-state index in [9.17, 15) is 0 Å². The minimum absolute atomic E-state index is 0.560. The average Bonchev–Trinajstić information content (AvgIpc) is 1.57. The Labute approximate surface area is 818 Å². The number of nitrogens with zero attached hydrogens (tertiary/aromatic N) is 12. The van der Waals surface area contributed by atoms with Crippen LogP contribution in [0.2, 0.25) is 0 Å².